The standard InChI is InChI=1S/C15H14N3O5PS/c1-8-2-4-9(5-3-8)12-10(15(19)20)11-13(18-7-24(21,22)23)16-6-17-14(11)25-12/h2-6H,7H2,1H3,(H,19,20)(H,16,17,18)(H2,21,22,23). The molecule has 130 valence electrons. The number of carbonyl (C=O) groups is 1. The number of nitrogens with zero attached hydrogens (tertiary/aromatic N) is 2. The molecule has 0 unspecified atom stereocenters. The zero-order valence-corrected chi connectivity index (χ0v) is 14.7. The molecule has 0 bridgehead atoms. The van der Waals surface area contributed by atoms with E-state index in [-0.39, 0.29) is 16.8 Å². The van der Waals surface area contributed by atoms with Crippen LogP contribution in [-0.2, 0) is 4.57 Å². The number of fused-ring (bicyclic) bond motifs is 1. The van der Waals surface area contributed by atoms with Gasteiger partial charge in [-0.3, -0.25) is 4.57 Å². The van der Waals surface area contributed by atoms with E-state index in [1.54, 1.807) is 0 Å². The van der Waals surface area contributed by atoms with E-state index in [1.807, 2.05) is 31.2 Å². The van der Waals surface area contributed by atoms with E-state index in [9.17, 15) is 14.5 Å². The molecule has 0 spiro atoms. The zero-order valence-electron chi connectivity index (χ0n) is 13.0. The van der Waals surface area contributed by atoms with Gasteiger partial charge in [-0.15, -0.1) is 11.3 Å². The van der Waals surface area contributed by atoms with Crippen LogP contribution in [0.2, 0.25) is 0 Å². The average molecular weight is 379 g/mol. The maximum Gasteiger partial charge on any atom is 0.344 e. The fourth-order valence-electron chi connectivity index (χ4n) is 2.36. The largest absolute Gasteiger partial charge is 0.478 e. The summed E-state index contributed by atoms with van der Waals surface area (Å²) >= 11 is 1.19. The number of benzene rings is 1. The lowest BCUT2D eigenvalue weighted by Gasteiger charge is -2.08. The van der Waals surface area contributed by atoms with E-state index < -0.39 is 19.9 Å². The average Bonchev–Trinajstić information content (AvgIpc) is 2.93. The minimum absolute atomic E-state index is 0.0117. The number of aryl methyl sites for hydroxylation is 1. The molecule has 0 amide bonds. The second-order valence-corrected chi connectivity index (χ2v) is 8.02. The molecule has 1 aromatic carbocycles. The first-order valence-electron chi connectivity index (χ1n) is 7.12. The van der Waals surface area contributed by atoms with Gasteiger partial charge >= 0.3 is 13.6 Å². The van der Waals surface area contributed by atoms with Crippen molar-refractivity contribution in [3.05, 3.63) is 41.7 Å². The number of thiophene rings is 1. The number of aromatic carboxylic acids is 1. The SMILES string of the molecule is Cc1ccc(-c2sc3ncnc(NCP(=O)(O)O)c3c2C(=O)O)cc1. The lowest BCUT2D eigenvalue weighted by molar-refractivity contribution is 0.0700. The van der Waals surface area contributed by atoms with Crippen LogP contribution in [0, 0.1) is 6.92 Å². The molecule has 8 nitrogen and oxygen atoms in total. The van der Waals surface area contributed by atoms with Gasteiger partial charge in [0.15, 0.2) is 0 Å². The van der Waals surface area contributed by atoms with Crippen molar-refractivity contribution in [2.45, 2.75) is 6.92 Å². The van der Waals surface area contributed by atoms with E-state index >= 15 is 0 Å². The Morgan fingerprint density at radius 3 is 2.52 bits per heavy atom. The molecule has 10 heteroatoms. The summed E-state index contributed by atoms with van der Waals surface area (Å²) in [6.07, 6.45) is 0.583. The van der Waals surface area contributed by atoms with Crippen LogP contribution >= 0.6 is 18.9 Å². The summed E-state index contributed by atoms with van der Waals surface area (Å²) in [6.45, 7) is 1.93. The molecule has 0 aliphatic carbocycles. The summed E-state index contributed by atoms with van der Waals surface area (Å²) < 4.78 is 11.1. The van der Waals surface area contributed by atoms with Crippen molar-refractivity contribution in [1.29, 1.82) is 0 Å². The first kappa shape index (κ1) is 17.5. The van der Waals surface area contributed by atoms with Crippen molar-refractivity contribution >= 4 is 40.9 Å². The number of nitrogens with one attached hydrogen (secondary N) is 1. The third kappa shape index (κ3) is 3.69. The predicted octanol–water partition coefficient (Wildman–Crippen LogP) is 2.91. The summed E-state index contributed by atoms with van der Waals surface area (Å²) in [5, 5.41) is 12.5. The molecule has 0 aliphatic heterocycles. The predicted molar refractivity (Wildman–Crippen MR) is 95.1 cm³/mol. The Hall–Kier alpha value is -2.32. The Kier molecular flexibility index (Phi) is 4.57. The van der Waals surface area contributed by atoms with Gasteiger partial charge in [-0.05, 0) is 12.5 Å². The van der Waals surface area contributed by atoms with Crippen molar-refractivity contribution in [3.8, 4) is 10.4 Å². The minimum atomic E-state index is -4.32. The van der Waals surface area contributed by atoms with Crippen molar-refractivity contribution in [2.24, 2.45) is 0 Å². The zero-order chi connectivity index (χ0) is 18.2. The third-order valence-corrected chi connectivity index (χ3v) is 5.19. The molecule has 2 aromatic heterocycles. The van der Waals surface area contributed by atoms with Gasteiger partial charge in [0.25, 0.3) is 0 Å². The van der Waals surface area contributed by atoms with E-state index in [0.717, 1.165) is 11.1 Å². The molecule has 0 aliphatic rings. The van der Waals surface area contributed by atoms with Crippen LogP contribution in [0.1, 0.15) is 15.9 Å². The van der Waals surface area contributed by atoms with Gasteiger partial charge in [0, 0.05) is 0 Å². The molecule has 4 N–H and O–H groups in total. The summed E-state index contributed by atoms with van der Waals surface area (Å²) in [5.41, 5.74) is 1.79. The molecule has 0 saturated heterocycles. The highest BCUT2D eigenvalue weighted by atomic mass is 32.1. The van der Waals surface area contributed by atoms with Gasteiger partial charge in [-0.1, -0.05) is 29.8 Å². The normalized spacial score (nSPS) is 11.6. The van der Waals surface area contributed by atoms with Crippen molar-refractivity contribution in [1.82, 2.24) is 9.97 Å². The van der Waals surface area contributed by atoms with Crippen LogP contribution in [0.5, 0.6) is 0 Å². The third-order valence-electron chi connectivity index (χ3n) is 3.47. The molecule has 25 heavy (non-hydrogen) atoms. The van der Waals surface area contributed by atoms with Crippen molar-refractivity contribution in [2.75, 3.05) is 11.6 Å². The van der Waals surface area contributed by atoms with E-state index in [1.165, 1.54) is 17.7 Å². The van der Waals surface area contributed by atoms with Crippen LogP contribution in [0.4, 0.5) is 5.82 Å². The number of hydrogen-bond donors (Lipinski definition) is 4. The van der Waals surface area contributed by atoms with Crippen LogP contribution < -0.4 is 5.32 Å². The van der Waals surface area contributed by atoms with Crippen molar-refractivity contribution in [3.63, 3.8) is 0 Å². The molecule has 0 atom stereocenters. The van der Waals surface area contributed by atoms with Gasteiger partial charge in [-0.25, -0.2) is 14.8 Å². The highest BCUT2D eigenvalue weighted by molar-refractivity contribution is 7.51. The number of hydrogen-bond acceptors (Lipinski definition) is 6. The number of anilines is 1. The smallest absolute Gasteiger partial charge is 0.344 e. The summed E-state index contributed by atoms with van der Waals surface area (Å²) in [4.78, 5) is 38.9. The monoisotopic (exact) mass is 379 g/mol. The lowest BCUT2D eigenvalue weighted by Crippen LogP contribution is -2.06. The number of carboxylic acids is 1. The van der Waals surface area contributed by atoms with Crippen LogP contribution in [0.3, 0.4) is 0 Å². The molecule has 0 fully saturated rings. The maximum absolute atomic E-state index is 11.9. The Balaban J connectivity index is 2.20. The Morgan fingerprint density at radius 1 is 1.24 bits per heavy atom. The first-order chi connectivity index (χ1) is 11.8. The molecule has 3 aromatic rings. The van der Waals surface area contributed by atoms with Crippen molar-refractivity contribution < 1.29 is 24.3 Å². The van der Waals surface area contributed by atoms with Crippen LogP contribution in [0.15, 0.2) is 30.6 Å². The fourth-order valence-corrected chi connectivity index (χ4v) is 3.85. The van der Waals surface area contributed by atoms with Gasteiger partial charge in [-0.2, -0.15) is 0 Å². The second kappa shape index (κ2) is 6.53. The Labute approximate surface area is 146 Å². The highest BCUT2D eigenvalue weighted by Gasteiger charge is 2.24. The Morgan fingerprint density at radius 2 is 1.92 bits per heavy atom. The minimum Gasteiger partial charge on any atom is -0.478 e. The topological polar surface area (TPSA) is 133 Å². The molecular weight excluding hydrogens is 365 g/mol. The van der Waals surface area contributed by atoms with Gasteiger partial charge in [0.2, 0.25) is 0 Å². The van der Waals surface area contributed by atoms with Gasteiger partial charge in [0.1, 0.15) is 23.3 Å². The number of rotatable bonds is 5. The van der Waals surface area contributed by atoms with Crippen LogP contribution in [0.25, 0.3) is 20.7 Å². The van der Waals surface area contributed by atoms with E-state index in [2.05, 4.69) is 15.3 Å². The quantitative estimate of drug-likeness (QED) is 0.498. The molecule has 0 saturated carbocycles. The molecular formula is C15H14N3O5PS. The van der Waals surface area contributed by atoms with E-state index in [4.69, 9.17) is 9.79 Å². The summed E-state index contributed by atoms with van der Waals surface area (Å²) in [6, 6.07) is 7.40. The molecule has 3 rings (SSSR count). The van der Waals surface area contributed by atoms with Crippen LogP contribution in [-0.4, -0.2) is 37.1 Å². The Bertz CT molecular complexity index is 996. The lowest BCUT2D eigenvalue weighted by atomic mass is 10.1. The first-order valence-corrected chi connectivity index (χ1v) is 9.74. The molecule has 0 radical (unpaired) electrons. The van der Waals surface area contributed by atoms with E-state index in [0.29, 0.717) is 9.71 Å². The van der Waals surface area contributed by atoms with Gasteiger partial charge in [0.05, 0.1) is 15.8 Å². The maximum atomic E-state index is 11.9. The molecule has 2 heterocycles. The highest BCUT2D eigenvalue weighted by Crippen LogP contribution is 2.41. The van der Waals surface area contributed by atoms with Gasteiger partial charge < -0.3 is 20.2 Å². The number of carboxylic acid groups (broad SMARTS) is 1. The second-order valence-electron chi connectivity index (χ2n) is 5.38. The fraction of sp³-hybridized carbons (Fsp3) is 0.133. The summed E-state index contributed by atoms with van der Waals surface area (Å²) in [5.74, 6) is -1.07. The number of aromatic nitrogens is 2. The summed E-state index contributed by atoms with van der Waals surface area (Å²) in [7, 11) is -4.32.